The zero-order valence-electron chi connectivity index (χ0n) is 16.0. The van der Waals surface area contributed by atoms with Gasteiger partial charge in [0.05, 0.1) is 20.1 Å². The van der Waals surface area contributed by atoms with Crippen LogP contribution < -0.4 is 19.7 Å². The first-order valence-corrected chi connectivity index (χ1v) is 8.87. The molecule has 1 fully saturated rings. The summed E-state index contributed by atoms with van der Waals surface area (Å²) in [5.74, 6) is 0.220. The summed E-state index contributed by atoms with van der Waals surface area (Å²) in [5.41, 5.74) is 1.83. The molecule has 3 rings (SSSR count). The minimum atomic E-state index is -0.465. The summed E-state index contributed by atoms with van der Waals surface area (Å²) in [6.45, 7) is 1.78. The molecule has 1 N–H and O–H groups in total. The Morgan fingerprint density at radius 2 is 1.71 bits per heavy atom. The number of nitrogens with zero attached hydrogens (tertiary/aromatic N) is 1. The molecule has 1 saturated heterocycles. The van der Waals surface area contributed by atoms with Gasteiger partial charge in [-0.2, -0.15) is 0 Å². The van der Waals surface area contributed by atoms with Crippen molar-refractivity contribution in [2.24, 2.45) is 5.92 Å². The van der Waals surface area contributed by atoms with Gasteiger partial charge in [-0.3, -0.25) is 14.4 Å². The van der Waals surface area contributed by atoms with Gasteiger partial charge in [0.15, 0.2) is 17.3 Å². The number of hydrogen-bond acceptors (Lipinski definition) is 5. The first kappa shape index (κ1) is 19.4. The Kier molecular flexibility index (Phi) is 5.63. The van der Waals surface area contributed by atoms with Crippen LogP contribution in [0.2, 0.25) is 0 Å². The maximum Gasteiger partial charge on any atom is 0.229 e. The topological polar surface area (TPSA) is 84.9 Å². The highest BCUT2D eigenvalue weighted by molar-refractivity contribution is 6.04. The summed E-state index contributed by atoms with van der Waals surface area (Å²) >= 11 is 0. The molecule has 1 aliphatic rings. The minimum absolute atomic E-state index is 0.0357. The van der Waals surface area contributed by atoms with Gasteiger partial charge in [-0.15, -0.1) is 0 Å². The van der Waals surface area contributed by atoms with Crippen molar-refractivity contribution >= 4 is 29.0 Å². The second-order valence-corrected chi connectivity index (χ2v) is 6.57. The van der Waals surface area contributed by atoms with Crippen LogP contribution in [0.1, 0.15) is 23.7 Å². The predicted molar refractivity (Wildman–Crippen MR) is 105 cm³/mol. The Bertz CT molecular complexity index is 908. The molecule has 1 unspecified atom stereocenters. The Labute approximate surface area is 163 Å². The van der Waals surface area contributed by atoms with Gasteiger partial charge in [0.1, 0.15) is 0 Å². The van der Waals surface area contributed by atoms with Gasteiger partial charge in [0, 0.05) is 36.0 Å². The van der Waals surface area contributed by atoms with Crippen molar-refractivity contribution in [1.82, 2.24) is 0 Å². The van der Waals surface area contributed by atoms with Crippen LogP contribution in [-0.4, -0.2) is 38.4 Å². The first-order valence-electron chi connectivity index (χ1n) is 8.87. The number of rotatable bonds is 6. The third-order valence-corrected chi connectivity index (χ3v) is 4.73. The molecule has 0 aliphatic carbocycles. The van der Waals surface area contributed by atoms with E-state index in [9.17, 15) is 14.4 Å². The summed E-state index contributed by atoms with van der Waals surface area (Å²) in [4.78, 5) is 38.0. The molecule has 7 heteroatoms. The van der Waals surface area contributed by atoms with Crippen LogP contribution in [0.15, 0.2) is 42.5 Å². The minimum Gasteiger partial charge on any atom is -0.493 e. The molecule has 2 amide bonds. The van der Waals surface area contributed by atoms with Gasteiger partial charge in [-0.25, -0.2) is 0 Å². The highest BCUT2D eigenvalue weighted by Gasteiger charge is 2.35. The van der Waals surface area contributed by atoms with Crippen LogP contribution in [0.4, 0.5) is 11.4 Å². The molecule has 146 valence electrons. The van der Waals surface area contributed by atoms with Crippen molar-refractivity contribution in [3.05, 3.63) is 48.0 Å². The lowest BCUT2D eigenvalue weighted by molar-refractivity contribution is -0.122. The smallest absolute Gasteiger partial charge is 0.229 e. The Hall–Kier alpha value is -3.35. The summed E-state index contributed by atoms with van der Waals surface area (Å²) < 4.78 is 10.4. The Balaban J connectivity index is 1.69. The summed E-state index contributed by atoms with van der Waals surface area (Å²) in [7, 11) is 3.06. The number of benzene rings is 2. The van der Waals surface area contributed by atoms with E-state index >= 15 is 0 Å². The molecule has 0 bridgehead atoms. The summed E-state index contributed by atoms with van der Waals surface area (Å²) in [6.07, 6.45) is 0.133. The molecule has 28 heavy (non-hydrogen) atoms. The number of ether oxygens (including phenoxy) is 2. The van der Waals surface area contributed by atoms with E-state index in [-0.39, 0.29) is 30.6 Å². The van der Waals surface area contributed by atoms with Crippen LogP contribution in [0.25, 0.3) is 0 Å². The molecule has 0 saturated carbocycles. The molecule has 1 atom stereocenters. The molecule has 0 radical (unpaired) electrons. The maximum atomic E-state index is 12.6. The van der Waals surface area contributed by atoms with Crippen molar-refractivity contribution in [3.8, 4) is 11.5 Å². The van der Waals surface area contributed by atoms with Gasteiger partial charge in [0.25, 0.3) is 0 Å². The van der Waals surface area contributed by atoms with Crippen molar-refractivity contribution in [2.45, 2.75) is 13.3 Å². The fourth-order valence-corrected chi connectivity index (χ4v) is 3.17. The average molecular weight is 382 g/mol. The van der Waals surface area contributed by atoms with Crippen LogP contribution >= 0.6 is 0 Å². The molecular formula is C21H22N2O5. The second-order valence-electron chi connectivity index (χ2n) is 6.57. The standard InChI is InChI=1S/C21H22N2O5/c1-13(24)14-4-7-17(8-5-14)23-12-15(10-20(23)25)21(26)22-16-6-9-18(27-2)19(11-16)28-3/h4-9,11,15H,10,12H2,1-3H3,(H,22,26). The highest BCUT2D eigenvalue weighted by atomic mass is 16.5. The van der Waals surface area contributed by atoms with Crippen molar-refractivity contribution in [2.75, 3.05) is 31.0 Å². The number of carbonyl (C=O) groups excluding carboxylic acids is 3. The van der Waals surface area contributed by atoms with E-state index in [1.54, 1.807) is 47.4 Å². The third-order valence-electron chi connectivity index (χ3n) is 4.73. The van der Waals surface area contributed by atoms with Crippen LogP contribution in [-0.2, 0) is 9.59 Å². The molecular weight excluding hydrogens is 360 g/mol. The first-order chi connectivity index (χ1) is 13.4. The molecule has 2 aromatic rings. The van der Waals surface area contributed by atoms with E-state index in [0.717, 1.165) is 0 Å². The van der Waals surface area contributed by atoms with E-state index in [1.807, 2.05) is 0 Å². The molecule has 7 nitrogen and oxygen atoms in total. The number of anilines is 2. The van der Waals surface area contributed by atoms with E-state index < -0.39 is 5.92 Å². The number of ketones is 1. The molecule has 1 heterocycles. The molecule has 0 aromatic heterocycles. The van der Waals surface area contributed by atoms with Crippen LogP contribution in [0.3, 0.4) is 0 Å². The van der Waals surface area contributed by atoms with Gasteiger partial charge in [-0.05, 0) is 43.3 Å². The zero-order valence-corrected chi connectivity index (χ0v) is 16.0. The zero-order chi connectivity index (χ0) is 20.3. The lowest BCUT2D eigenvalue weighted by Crippen LogP contribution is -2.28. The molecule has 2 aromatic carbocycles. The third kappa shape index (κ3) is 3.98. The van der Waals surface area contributed by atoms with Gasteiger partial charge < -0.3 is 19.7 Å². The number of hydrogen-bond donors (Lipinski definition) is 1. The Morgan fingerprint density at radius 3 is 2.32 bits per heavy atom. The number of amides is 2. The highest BCUT2D eigenvalue weighted by Crippen LogP contribution is 2.31. The average Bonchev–Trinajstić information content (AvgIpc) is 3.09. The van der Waals surface area contributed by atoms with Gasteiger partial charge >= 0.3 is 0 Å². The second kappa shape index (κ2) is 8.12. The van der Waals surface area contributed by atoms with Gasteiger partial charge in [0.2, 0.25) is 11.8 Å². The molecule has 1 aliphatic heterocycles. The van der Waals surface area contributed by atoms with Crippen molar-refractivity contribution in [3.63, 3.8) is 0 Å². The lowest BCUT2D eigenvalue weighted by atomic mass is 10.1. The summed E-state index contributed by atoms with van der Waals surface area (Å²) in [6, 6.07) is 11.9. The monoisotopic (exact) mass is 382 g/mol. The molecule has 0 spiro atoms. The Morgan fingerprint density at radius 1 is 1.04 bits per heavy atom. The van der Waals surface area contributed by atoms with E-state index in [1.165, 1.54) is 21.1 Å². The number of Topliss-reactive ketones (excluding diaryl/α,β-unsaturated/α-hetero) is 1. The fourth-order valence-electron chi connectivity index (χ4n) is 3.17. The van der Waals surface area contributed by atoms with E-state index in [4.69, 9.17) is 9.47 Å². The van der Waals surface area contributed by atoms with Crippen LogP contribution in [0.5, 0.6) is 11.5 Å². The lowest BCUT2D eigenvalue weighted by Gasteiger charge is -2.17. The quantitative estimate of drug-likeness (QED) is 0.777. The normalized spacial score (nSPS) is 16.0. The number of nitrogens with one attached hydrogen (secondary N) is 1. The van der Waals surface area contributed by atoms with Crippen molar-refractivity contribution < 1.29 is 23.9 Å². The van der Waals surface area contributed by atoms with E-state index in [0.29, 0.717) is 28.4 Å². The number of carbonyl (C=O) groups is 3. The summed E-state index contributed by atoms with van der Waals surface area (Å²) in [5, 5.41) is 2.83. The van der Waals surface area contributed by atoms with Gasteiger partial charge in [-0.1, -0.05) is 0 Å². The van der Waals surface area contributed by atoms with Crippen molar-refractivity contribution in [1.29, 1.82) is 0 Å². The fraction of sp³-hybridized carbons (Fsp3) is 0.286. The van der Waals surface area contributed by atoms with E-state index in [2.05, 4.69) is 5.32 Å². The SMILES string of the molecule is COc1ccc(NC(=O)C2CC(=O)N(c3ccc(C(C)=O)cc3)C2)cc1OC. The van der Waals surface area contributed by atoms with Crippen LogP contribution in [0, 0.1) is 5.92 Å². The maximum absolute atomic E-state index is 12.6. The predicted octanol–water partition coefficient (Wildman–Crippen LogP) is 2.90. The largest absolute Gasteiger partial charge is 0.493 e. The number of methoxy groups -OCH3 is 2.